The number of rotatable bonds is 17. The number of hydrogen-bond acceptors (Lipinski definition) is 16. The van der Waals surface area contributed by atoms with Gasteiger partial charge in [0.1, 0.15) is 25.4 Å². The number of anilines is 1. The van der Waals surface area contributed by atoms with Crippen LogP contribution >= 0.6 is 0 Å². The number of terminal acetylenes is 1. The lowest BCUT2D eigenvalue weighted by molar-refractivity contribution is -0.686. The Labute approximate surface area is 491 Å². The highest BCUT2D eigenvalue weighted by Crippen LogP contribution is 2.42. The SMILES string of the molecule is C#CCC(=O)N1CC[C@@H](C)[C@@H](N(C)c2ncnc3c2ccn3C(=O)N(C)CCN(C)C(=O)OCc2ccc(/N=N/c3ccc(COC(=O)N(C)CCN(C)C(=O)Oc4c(OC)ccc5cc6[n+](cc45)CCc4cc5c(cc4-6)OCO5)cc3)cc2)C1. The highest BCUT2D eigenvalue weighted by atomic mass is 16.7. The van der Waals surface area contributed by atoms with Crippen LogP contribution in [-0.4, -0.2) is 164 Å². The van der Waals surface area contributed by atoms with Crippen molar-refractivity contribution in [3.8, 4) is 46.6 Å². The highest BCUT2D eigenvalue weighted by molar-refractivity contribution is 5.95. The van der Waals surface area contributed by atoms with Crippen molar-refractivity contribution in [1.29, 1.82) is 0 Å². The molecule has 0 N–H and O–H groups in total. The number of aromatic nitrogens is 4. The maximum absolute atomic E-state index is 13.7. The number of nitrogens with zero attached hydrogens (tertiary/aromatic N) is 12. The molecule has 3 aromatic heterocycles. The Bertz CT molecular complexity index is 3730. The van der Waals surface area contributed by atoms with Gasteiger partial charge in [-0.2, -0.15) is 14.8 Å². The number of fused-ring (bicyclic) bond motifs is 6. The summed E-state index contributed by atoms with van der Waals surface area (Å²) in [5.74, 6) is 5.49. The largest absolute Gasteiger partial charge is 0.493 e. The van der Waals surface area contributed by atoms with Gasteiger partial charge in [0.2, 0.25) is 18.4 Å². The molecule has 7 aromatic rings. The lowest BCUT2D eigenvalue weighted by Crippen LogP contribution is -2.52. The van der Waals surface area contributed by atoms with E-state index in [1.54, 1.807) is 93.9 Å². The van der Waals surface area contributed by atoms with Crippen LogP contribution in [0.25, 0.3) is 33.1 Å². The van der Waals surface area contributed by atoms with Gasteiger partial charge in [-0.1, -0.05) is 37.1 Å². The number of amides is 5. The minimum absolute atomic E-state index is 0.0132. The van der Waals surface area contributed by atoms with E-state index in [0.29, 0.717) is 64.0 Å². The molecule has 1 saturated heterocycles. The predicted molar refractivity (Wildman–Crippen MR) is 314 cm³/mol. The van der Waals surface area contributed by atoms with E-state index in [0.717, 1.165) is 52.9 Å². The standard InChI is InChI=1S/C62H67N12O11/c1-9-10-55(75)73-24-21-40(2)51(35-73)71(7)57-47-23-26-74(58(47)64-38-63-57)59(76)67(3)27-28-68(4)60(77)81-36-41-11-16-45(17-12-41)65-66-46-18-13-42(14-19-46)37-82-61(78)69(5)29-30-70(6)62(79)85-56-49-34-72-25-22-44-32-53-54(84-39-83-53)33-48(44)50(72)31-43(49)15-20-52(56)80-8/h1,11-20,23,26,31-34,38,40,51H,10,21-22,24-25,27-30,35-37,39H2,2-8H3/q+1/b66-65+/t40-,51+/m1/s1. The first kappa shape index (κ1) is 58.2. The van der Waals surface area contributed by atoms with E-state index in [9.17, 15) is 24.0 Å². The fraction of sp³-hybridized carbons (Fsp3) is 0.355. The minimum atomic E-state index is -0.615. The molecule has 23 heteroatoms. The van der Waals surface area contributed by atoms with Crippen LogP contribution in [0, 0.1) is 18.3 Å². The topological polar surface area (TPSA) is 219 Å². The predicted octanol–water partition coefficient (Wildman–Crippen LogP) is 8.81. The number of piperidine rings is 1. The van der Waals surface area contributed by atoms with Crippen molar-refractivity contribution in [1.82, 2.24) is 39.0 Å². The summed E-state index contributed by atoms with van der Waals surface area (Å²) < 4.78 is 37.6. The smallest absolute Gasteiger partial charge is 0.415 e. The van der Waals surface area contributed by atoms with Crippen LogP contribution in [-0.2, 0) is 40.4 Å². The van der Waals surface area contributed by atoms with Crippen molar-refractivity contribution >= 4 is 69.2 Å². The van der Waals surface area contributed by atoms with Crippen LogP contribution < -0.4 is 28.4 Å². The third-order valence-electron chi connectivity index (χ3n) is 15.7. The molecule has 23 nitrogen and oxygen atoms in total. The summed E-state index contributed by atoms with van der Waals surface area (Å²) in [6, 6.07) is 25.5. The van der Waals surface area contributed by atoms with E-state index in [-0.39, 0.29) is 76.5 Å². The van der Waals surface area contributed by atoms with Crippen LogP contribution in [0.15, 0.2) is 114 Å². The molecule has 10 rings (SSSR count). The van der Waals surface area contributed by atoms with E-state index in [1.807, 2.05) is 37.5 Å². The van der Waals surface area contributed by atoms with Gasteiger partial charge in [-0.05, 0) is 89.0 Å². The molecule has 440 valence electrons. The maximum atomic E-state index is 13.7. The quantitative estimate of drug-likeness (QED) is 0.0473. The molecule has 0 aliphatic carbocycles. The van der Waals surface area contributed by atoms with Crippen molar-refractivity contribution in [2.75, 3.05) is 93.3 Å². The zero-order valence-corrected chi connectivity index (χ0v) is 48.6. The highest BCUT2D eigenvalue weighted by Gasteiger charge is 2.34. The summed E-state index contributed by atoms with van der Waals surface area (Å²) >= 11 is 0. The van der Waals surface area contributed by atoms with E-state index in [1.165, 1.54) is 43.2 Å². The molecule has 85 heavy (non-hydrogen) atoms. The number of aryl methyl sites for hydroxylation is 2. The van der Waals surface area contributed by atoms with E-state index in [2.05, 4.69) is 48.6 Å². The van der Waals surface area contributed by atoms with E-state index < -0.39 is 18.3 Å². The first-order valence-corrected chi connectivity index (χ1v) is 27.8. The number of methoxy groups -OCH3 is 1. The van der Waals surface area contributed by atoms with Gasteiger partial charge in [0.15, 0.2) is 41.4 Å². The molecule has 1 fully saturated rings. The second kappa shape index (κ2) is 25.7. The molecular weight excluding hydrogens is 1090 g/mol. The summed E-state index contributed by atoms with van der Waals surface area (Å²) in [5.41, 5.74) is 6.33. The third-order valence-corrected chi connectivity index (χ3v) is 15.7. The fourth-order valence-corrected chi connectivity index (χ4v) is 10.4. The van der Waals surface area contributed by atoms with Gasteiger partial charge < -0.3 is 57.8 Å². The first-order chi connectivity index (χ1) is 41.1. The van der Waals surface area contributed by atoms with Gasteiger partial charge in [-0.25, -0.2) is 29.1 Å². The maximum Gasteiger partial charge on any atom is 0.415 e. The fourth-order valence-electron chi connectivity index (χ4n) is 10.4. The molecular formula is C62H67N12O11+. The Kier molecular flexibility index (Phi) is 17.6. The molecule has 0 bridgehead atoms. The van der Waals surface area contributed by atoms with Gasteiger partial charge in [-0.3, -0.25) is 9.36 Å². The number of carbonyl (C=O) groups is 5. The Balaban J connectivity index is 0.637. The van der Waals surface area contributed by atoms with Crippen LogP contribution in [0.1, 0.15) is 36.5 Å². The summed E-state index contributed by atoms with van der Waals surface area (Å²) in [5, 5.41) is 10.9. The monoisotopic (exact) mass is 1160 g/mol. The van der Waals surface area contributed by atoms with Gasteiger partial charge in [0.05, 0.1) is 47.3 Å². The number of likely N-dealkylation sites (N-methyl/N-ethyl adjacent to an activating group) is 5. The van der Waals surface area contributed by atoms with Crippen LogP contribution in [0.5, 0.6) is 23.0 Å². The van der Waals surface area contributed by atoms with Crippen LogP contribution in [0.4, 0.5) is 36.4 Å². The summed E-state index contributed by atoms with van der Waals surface area (Å²) in [7, 11) is 9.92. The Morgan fingerprint density at radius 2 is 1.39 bits per heavy atom. The van der Waals surface area contributed by atoms with Gasteiger partial charge >= 0.3 is 24.3 Å². The Morgan fingerprint density at radius 1 is 0.765 bits per heavy atom. The molecule has 5 amide bonds. The minimum Gasteiger partial charge on any atom is -0.493 e. The average Bonchev–Trinajstić information content (AvgIpc) is 3.97. The lowest BCUT2D eigenvalue weighted by Gasteiger charge is -2.42. The molecule has 0 saturated carbocycles. The van der Waals surface area contributed by atoms with Gasteiger partial charge in [0, 0.05) is 93.2 Å². The average molecular weight is 1160 g/mol. The van der Waals surface area contributed by atoms with Crippen molar-refractivity contribution < 1.29 is 57.0 Å². The van der Waals surface area contributed by atoms with E-state index >= 15 is 0 Å². The van der Waals surface area contributed by atoms with Crippen molar-refractivity contribution in [3.05, 3.63) is 120 Å². The van der Waals surface area contributed by atoms with Gasteiger partial charge in [0.25, 0.3) is 0 Å². The Hall–Kier alpha value is -9.98. The van der Waals surface area contributed by atoms with Crippen LogP contribution in [0.3, 0.4) is 0 Å². The number of benzene rings is 4. The van der Waals surface area contributed by atoms with Crippen molar-refractivity contribution in [2.45, 2.75) is 52.0 Å². The van der Waals surface area contributed by atoms with Crippen molar-refractivity contribution in [2.24, 2.45) is 16.1 Å². The third kappa shape index (κ3) is 13.0. The lowest BCUT2D eigenvalue weighted by atomic mass is 9.92. The molecule has 2 atom stereocenters. The molecule has 3 aliphatic heterocycles. The number of carbonyl (C=O) groups excluding carboxylic acids is 5. The number of pyridine rings is 1. The van der Waals surface area contributed by atoms with Crippen LogP contribution in [0.2, 0.25) is 0 Å². The second-order valence-corrected chi connectivity index (χ2v) is 21.3. The molecule has 0 unspecified atom stereocenters. The number of ether oxygens (including phenoxy) is 6. The second-order valence-electron chi connectivity index (χ2n) is 21.3. The van der Waals surface area contributed by atoms with Gasteiger partial charge in [-0.15, -0.1) is 6.42 Å². The zero-order valence-electron chi connectivity index (χ0n) is 48.6. The summed E-state index contributed by atoms with van der Waals surface area (Å²) in [4.78, 5) is 84.4. The molecule has 4 aromatic carbocycles. The molecule has 0 radical (unpaired) electrons. The molecule has 6 heterocycles. The first-order valence-electron chi connectivity index (χ1n) is 27.8. The summed E-state index contributed by atoms with van der Waals surface area (Å²) in [6.45, 7) is 5.05. The number of hydrogen-bond donors (Lipinski definition) is 0. The molecule has 3 aliphatic rings. The van der Waals surface area contributed by atoms with Crippen molar-refractivity contribution in [3.63, 3.8) is 0 Å². The molecule has 0 spiro atoms. The number of azo groups is 1. The van der Waals surface area contributed by atoms with E-state index in [4.69, 9.17) is 34.8 Å². The normalized spacial score (nSPS) is 14.9. The Morgan fingerprint density at radius 3 is 2.02 bits per heavy atom. The number of likely N-dealkylation sites (tertiary alicyclic amines) is 1. The zero-order chi connectivity index (χ0) is 59.9. The summed E-state index contributed by atoms with van der Waals surface area (Å²) in [6.07, 6.45) is 10.4.